The molecular weight excluding hydrogens is 312 g/mol. The van der Waals surface area contributed by atoms with E-state index >= 15 is 0 Å². The highest BCUT2D eigenvalue weighted by molar-refractivity contribution is 9.10. The van der Waals surface area contributed by atoms with E-state index in [1.54, 1.807) is 17.8 Å². The third-order valence-corrected chi connectivity index (χ3v) is 4.24. The molecule has 0 aliphatic rings. The molecule has 0 saturated carbocycles. The smallest absolute Gasteiger partial charge is 0.268 e. The van der Waals surface area contributed by atoms with Gasteiger partial charge in [-0.1, -0.05) is 11.6 Å². The number of halogens is 2. The molecule has 2 heterocycles. The van der Waals surface area contributed by atoms with E-state index in [4.69, 9.17) is 11.6 Å². The number of nitrogens with zero attached hydrogens (tertiary/aromatic N) is 2. The van der Waals surface area contributed by atoms with Crippen LogP contribution in [-0.4, -0.2) is 9.55 Å². The Morgan fingerprint density at radius 3 is 2.94 bits per heavy atom. The van der Waals surface area contributed by atoms with Gasteiger partial charge in [0.2, 0.25) is 0 Å². The molecule has 2 aromatic heterocycles. The second kappa shape index (κ2) is 4.69. The summed E-state index contributed by atoms with van der Waals surface area (Å²) < 4.78 is 2.79. The lowest BCUT2D eigenvalue weighted by atomic mass is 10.4. The van der Waals surface area contributed by atoms with E-state index in [2.05, 4.69) is 20.9 Å². The average molecular weight is 320 g/mol. The summed E-state index contributed by atoms with van der Waals surface area (Å²) in [6.07, 6.45) is 1.55. The van der Waals surface area contributed by atoms with Crippen LogP contribution >= 0.6 is 38.9 Å². The zero-order chi connectivity index (χ0) is 11.7. The van der Waals surface area contributed by atoms with Crippen LogP contribution in [0.4, 0.5) is 0 Å². The molecule has 0 amide bonds. The van der Waals surface area contributed by atoms with Gasteiger partial charge in [0.25, 0.3) is 5.56 Å². The van der Waals surface area contributed by atoms with Crippen LogP contribution < -0.4 is 5.56 Å². The maximum Gasteiger partial charge on any atom is 0.268 e. The SMILES string of the molecule is Cc1ncn(Cc2ccc(Cl)s2)c(=O)c1Br. The summed E-state index contributed by atoms with van der Waals surface area (Å²) in [6, 6.07) is 3.73. The van der Waals surface area contributed by atoms with Gasteiger partial charge in [-0.15, -0.1) is 11.3 Å². The van der Waals surface area contributed by atoms with Gasteiger partial charge in [-0.05, 0) is 35.0 Å². The first-order valence-electron chi connectivity index (χ1n) is 4.53. The van der Waals surface area contributed by atoms with Crippen LogP contribution in [0.5, 0.6) is 0 Å². The second-order valence-corrected chi connectivity index (χ2v) is 5.88. The van der Waals surface area contributed by atoms with Gasteiger partial charge in [-0.2, -0.15) is 0 Å². The molecule has 0 N–H and O–H groups in total. The fourth-order valence-corrected chi connectivity index (χ4v) is 2.68. The quantitative estimate of drug-likeness (QED) is 0.852. The van der Waals surface area contributed by atoms with E-state index in [1.807, 2.05) is 12.1 Å². The monoisotopic (exact) mass is 318 g/mol. The highest BCUT2D eigenvalue weighted by atomic mass is 79.9. The number of rotatable bonds is 2. The lowest BCUT2D eigenvalue weighted by Crippen LogP contribution is -2.22. The molecule has 0 bridgehead atoms. The summed E-state index contributed by atoms with van der Waals surface area (Å²) in [5, 5.41) is 0. The zero-order valence-corrected chi connectivity index (χ0v) is 11.6. The Balaban J connectivity index is 2.36. The minimum atomic E-state index is -0.0722. The van der Waals surface area contributed by atoms with Crippen molar-refractivity contribution in [1.82, 2.24) is 9.55 Å². The molecule has 0 spiro atoms. The molecular formula is C10H8BrClN2OS. The number of hydrogen-bond donors (Lipinski definition) is 0. The molecule has 0 radical (unpaired) electrons. The highest BCUT2D eigenvalue weighted by Gasteiger charge is 2.06. The number of aromatic nitrogens is 2. The molecule has 6 heteroatoms. The Morgan fingerprint density at radius 2 is 2.31 bits per heavy atom. The third kappa shape index (κ3) is 2.36. The number of hydrogen-bond acceptors (Lipinski definition) is 3. The van der Waals surface area contributed by atoms with Crippen LogP contribution in [0.1, 0.15) is 10.6 Å². The molecule has 0 fully saturated rings. The lowest BCUT2D eigenvalue weighted by Gasteiger charge is -2.04. The van der Waals surface area contributed by atoms with E-state index in [9.17, 15) is 4.79 Å². The molecule has 0 aliphatic carbocycles. The molecule has 16 heavy (non-hydrogen) atoms. The molecule has 0 aromatic carbocycles. The summed E-state index contributed by atoms with van der Waals surface area (Å²) >= 11 is 10.5. The predicted molar refractivity (Wildman–Crippen MR) is 69.4 cm³/mol. The van der Waals surface area contributed by atoms with Crippen LogP contribution in [0.2, 0.25) is 4.34 Å². The lowest BCUT2D eigenvalue weighted by molar-refractivity contribution is 0.733. The van der Waals surface area contributed by atoms with Crippen LogP contribution in [-0.2, 0) is 6.54 Å². The van der Waals surface area contributed by atoms with Crippen molar-refractivity contribution < 1.29 is 0 Å². The number of aryl methyl sites for hydroxylation is 1. The predicted octanol–water partition coefficient (Wildman–Crippen LogP) is 3.08. The van der Waals surface area contributed by atoms with Gasteiger partial charge in [0.05, 0.1) is 22.9 Å². The fraction of sp³-hybridized carbons (Fsp3) is 0.200. The average Bonchev–Trinajstić information content (AvgIpc) is 2.65. The Hall–Kier alpha value is -0.650. The van der Waals surface area contributed by atoms with Gasteiger partial charge in [0.1, 0.15) is 4.47 Å². The Bertz CT molecular complexity index is 578. The molecule has 2 aromatic rings. The molecule has 0 saturated heterocycles. The van der Waals surface area contributed by atoms with Crippen LogP contribution in [0, 0.1) is 6.92 Å². The van der Waals surface area contributed by atoms with Crippen molar-refractivity contribution in [3.63, 3.8) is 0 Å². The summed E-state index contributed by atoms with van der Waals surface area (Å²) in [4.78, 5) is 17.0. The van der Waals surface area contributed by atoms with Crippen molar-refractivity contribution in [2.45, 2.75) is 13.5 Å². The van der Waals surface area contributed by atoms with E-state index < -0.39 is 0 Å². The van der Waals surface area contributed by atoms with Gasteiger partial charge >= 0.3 is 0 Å². The van der Waals surface area contributed by atoms with Crippen molar-refractivity contribution in [3.8, 4) is 0 Å². The second-order valence-electron chi connectivity index (χ2n) is 3.28. The topological polar surface area (TPSA) is 34.9 Å². The van der Waals surface area contributed by atoms with E-state index in [0.717, 1.165) is 9.21 Å². The summed E-state index contributed by atoms with van der Waals surface area (Å²) in [5.41, 5.74) is 0.627. The van der Waals surface area contributed by atoms with E-state index in [1.165, 1.54) is 11.3 Å². The largest absolute Gasteiger partial charge is 0.293 e. The van der Waals surface area contributed by atoms with Gasteiger partial charge in [0.15, 0.2) is 0 Å². The molecule has 3 nitrogen and oxygen atoms in total. The van der Waals surface area contributed by atoms with E-state index in [0.29, 0.717) is 16.7 Å². The fourth-order valence-electron chi connectivity index (χ4n) is 1.26. The molecule has 0 atom stereocenters. The van der Waals surface area contributed by atoms with Crippen molar-refractivity contribution in [2.75, 3.05) is 0 Å². The van der Waals surface area contributed by atoms with Crippen molar-refractivity contribution in [1.29, 1.82) is 0 Å². The summed E-state index contributed by atoms with van der Waals surface area (Å²) in [5.74, 6) is 0. The maximum atomic E-state index is 11.8. The van der Waals surface area contributed by atoms with Gasteiger partial charge in [-0.3, -0.25) is 9.36 Å². The zero-order valence-electron chi connectivity index (χ0n) is 8.41. The maximum absolute atomic E-state index is 11.8. The van der Waals surface area contributed by atoms with Gasteiger partial charge < -0.3 is 0 Å². The highest BCUT2D eigenvalue weighted by Crippen LogP contribution is 2.21. The van der Waals surface area contributed by atoms with Crippen molar-refractivity contribution in [2.24, 2.45) is 0 Å². The molecule has 2 rings (SSSR count). The normalized spacial score (nSPS) is 10.7. The summed E-state index contributed by atoms with van der Waals surface area (Å²) in [6.45, 7) is 2.29. The third-order valence-electron chi connectivity index (χ3n) is 2.11. The molecule has 0 aliphatic heterocycles. The van der Waals surface area contributed by atoms with Gasteiger partial charge in [0, 0.05) is 4.88 Å². The molecule has 84 valence electrons. The van der Waals surface area contributed by atoms with Crippen molar-refractivity contribution >= 4 is 38.9 Å². The Labute approximate surface area is 110 Å². The van der Waals surface area contributed by atoms with Crippen LogP contribution in [0.15, 0.2) is 27.7 Å². The standard InChI is InChI=1S/C10H8BrClN2OS/c1-6-9(11)10(15)14(5-13-6)4-7-2-3-8(12)16-7/h2-3,5H,4H2,1H3. The van der Waals surface area contributed by atoms with Crippen molar-refractivity contribution in [3.05, 3.63) is 48.2 Å². The first kappa shape index (κ1) is 11.8. The van der Waals surface area contributed by atoms with Gasteiger partial charge in [-0.25, -0.2) is 4.98 Å². The first-order valence-corrected chi connectivity index (χ1v) is 6.52. The number of thiophene rings is 1. The Morgan fingerprint density at radius 1 is 1.56 bits per heavy atom. The van der Waals surface area contributed by atoms with E-state index in [-0.39, 0.29) is 5.56 Å². The molecule has 0 unspecified atom stereocenters. The minimum absolute atomic E-state index is 0.0722. The summed E-state index contributed by atoms with van der Waals surface area (Å²) in [7, 11) is 0. The van der Waals surface area contributed by atoms with Crippen LogP contribution in [0.3, 0.4) is 0 Å². The van der Waals surface area contributed by atoms with Crippen LogP contribution in [0.25, 0.3) is 0 Å². The Kier molecular flexibility index (Phi) is 3.47. The minimum Gasteiger partial charge on any atom is -0.293 e. The first-order chi connectivity index (χ1) is 7.58.